The van der Waals surface area contributed by atoms with Crippen LogP contribution in [-0.4, -0.2) is 33.1 Å². The minimum absolute atomic E-state index is 0.00605. The van der Waals surface area contributed by atoms with Crippen LogP contribution in [-0.2, 0) is 4.79 Å². The van der Waals surface area contributed by atoms with Crippen molar-refractivity contribution in [3.05, 3.63) is 113 Å². The van der Waals surface area contributed by atoms with Crippen molar-refractivity contribution in [2.24, 2.45) is 0 Å². The molecule has 1 aliphatic rings. The number of hydrogen-bond donors (Lipinski definition) is 1. The van der Waals surface area contributed by atoms with Gasteiger partial charge in [0.1, 0.15) is 0 Å². The molecule has 0 bridgehead atoms. The second-order valence-electron chi connectivity index (χ2n) is 7.50. The van der Waals surface area contributed by atoms with Crippen molar-refractivity contribution in [2.75, 3.05) is 11.1 Å². The number of thioether (sulfide) groups is 1. The van der Waals surface area contributed by atoms with Gasteiger partial charge >= 0.3 is 0 Å². The van der Waals surface area contributed by atoms with Gasteiger partial charge in [-0.1, -0.05) is 15.9 Å². The van der Waals surface area contributed by atoms with Gasteiger partial charge in [-0.15, -0.1) is 11.8 Å². The Balaban J connectivity index is 1.72. The monoisotopic (exact) mass is 567 g/mol. The molecule has 0 atom stereocenters. The number of allylic oxidation sites excluding steroid dienone is 1. The van der Waals surface area contributed by atoms with Crippen molar-refractivity contribution in [1.29, 1.82) is 0 Å². The summed E-state index contributed by atoms with van der Waals surface area (Å²) in [6, 6.07) is 15.1. The summed E-state index contributed by atoms with van der Waals surface area (Å²) >= 11 is 4.21. The molecule has 12 heteroatoms. The molecule has 0 fully saturated rings. The fraction of sp³-hybridized carbons (Fsp3) is 0.0417. The molecule has 0 saturated heterocycles. The molecule has 1 amide bonds. The van der Waals surface area contributed by atoms with Gasteiger partial charge in [-0.3, -0.25) is 34.6 Å². The highest BCUT2D eigenvalue weighted by molar-refractivity contribution is 9.10. The first-order valence-corrected chi connectivity index (χ1v) is 12.0. The van der Waals surface area contributed by atoms with Crippen molar-refractivity contribution in [3.8, 4) is 0 Å². The summed E-state index contributed by atoms with van der Waals surface area (Å²) in [7, 11) is 0. The maximum atomic E-state index is 13.5. The van der Waals surface area contributed by atoms with Crippen LogP contribution in [0.15, 0.2) is 76.1 Å². The van der Waals surface area contributed by atoms with E-state index < -0.39 is 27.3 Å². The number of halogens is 1. The lowest BCUT2D eigenvalue weighted by atomic mass is 10.0. The van der Waals surface area contributed by atoms with Crippen LogP contribution in [0.25, 0.3) is 5.57 Å². The predicted molar refractivity (Wildman–Crippen MR) is 137 cm³/mol. The van der Waals surface area contributed by atoms with E-state index in [0.717, 1.165) is 11.8 Å². The summed E-state index contributed by atoms with van der Waals surface area (Å²) < 4.78 is 0.671. The van der Waals surface area contributed by atoms with Gasteiger partial charge in [0.2, 0.25) is 0 Å². The number of benzene rings is 3. The molecule has 3 aromatic carbocycles. The Kier molecular flexibility index (Phi) is 7.08. The lowest BCUT2D eigenvalue weighted by molar-refractivity contribution is -0.385. The van der Waals surface area contributed by atoms with E-state index in [2.05, 4.69) is 21.2 Å². The van der Waals surface area contributed by atoms with E-state index in [1.54, 1.807) is 18.2 Å². The Hall–Kier alpha value is -4.16. The van der Waals surface area contributed by atoms with E-state index in [1.165, 1.54) is 48.5 Å². The molecule has 3 aromatic rings. The predicted octanol–water partition coefficient (Wildman–Crippen LogP) is 5.43. The zero-order valence-electron chi connectivity index (χ0n) is 18.1. The summed E-state index contributed by atoms with van der Waals surface area (Å²) in [6.07, 6.45) is 0. The maximum Gasteiger partial charge on any atom is 0.269 e. The Morgan fingerprint density at radius 3 is 1.97 bits per heavy atom. The highest BCUT2D eigenvalue weighted by atomic mass is 79.9. The maximum absolute atomic E-state index is 13.5. The topological polar surface area (TPSA) is 150 Å². The van der Waals surface area contributed by atoms with E-state index in [1.807, 2.05) is 0 Å². The number of nitrogens with zero attached hydrogens (tertiary/aromatic N) is 2. The molecule has 0 unspecified atom stereocenters. The van der Waals surface area contributed by atoms with E-state index in [0.29, 0.717) is 15.7 Å². The summed E-state index contributed by atoms with van der Waals surface area (Å²) in [6.45, 7) is 0. The first kappa shape index (κ1) is 24.9. The van der Waals surface area contributed by atoms with Crippen LogP contribution < -0.4 is 5.32 Å². The Morgan fingerprint density at radius 2 is 1.42 bits per heavy atom. The Labute approximate surface area is 215 Å². The van der Waals surface area contributed by atoms with Gasteiger partial charge in [-0.25, -0.2) is 0 Å². The molecule has 0 radical (unpaired) electrons. The number of carbonyl (C=O) groups is 3. The second-order valence-corrected chi connectivity index (χ2v) is 9.40. The van der Waals surface area contributed by atoms with Gasteiger partial charge in [0.15, 0.2) is 11.6 Å². The van der Waals surface area contributed by atoms with Crippen LogP contribution in [0, 0.1) is 20.2 Å². The number of carbonyl (C=O) groups excluding carboxylic acids is 3. The minimum Gasteiger partial charge on any atom is -0.321 e. The SMILES string of the molecule is O=C1Nc2ccc(Br)cc2/C1=C(/SCC(=O)c1ccc([N+](=O)[O-])cc1)C(=O)c1ccc([N+](=O)[O-])cc1. The fourth-order valence-electron chi connectivity index (χ4n) is 3.47. The van der Waals surface area contributed by atoms with Crippen molar-refractivity contribution in [3.63, 3.8) is 0 Å². The van der Waals surface area contributed by atoms with Gasteiger partial charge in [-0.05, 0) is 42.5 Å². The van der Waals surface area contributed by atoms with Gasteiger partial charge in [-0.2, -0.15) is 0 Å². The molecule has 10 nitrogen and oxygen atoms in total. The van der Waals surface area contributed by atoms with Gasteiger partial charge in [0, 0.05) is 51.1 Å². The van der Waals surface area contributed by atoms with Crippen LogP contribution in [0.5, 0.6) is 0 Å². The van der Waals surface area contributed by atoms with Gasteiger partial charge < -0.3 is 5.32 Å². The third-order valence-corrected chi connectivity index (χ3v) is 6.83. The number of fused-ring (bicyclic) bond motifs is 1. The third kappa shape index (κ3) is 5.09. The number of hydrogen-bond acceptors (Lipinski definition) is 8. The minimum atomic E-state index is -0.594. The standard InChI is InChI=1S/C24H14BrN3O7S/c25-15-5-10-19-18(11-15)21(24(31)26-19)23(22(30)14-3-8-17(9-4-14)28(34)35)36-12-20(29)13-1-6-16(7-2-13)27(32)33/h1-11H,12H2,(H,26,31)/b23-21-. The molecule has 1 heterocycles. The molecule has 0 spiro atoms. The number of ketones is 2. The summed E-state index contributed by atoms with van der Waals surface area (Å²) in [5.74, 6) is -1.74. The Morgan fingerprint density at radius 1 is 0.861 bits per heavy atom. The third-order valence-electron chi connectivity index (χ3n) is 5.25. The number of nitro groups is 2. The van der Waals surface area contributed by atoms with E-state index in [9.17, 15) is 34.6 Å². The molecule has 0 saturated carbocycles. The molecular weight excluding hydrogens is 554 g/mol. The summed E-state index contributed by atoms with van der Waals surface area (Å²) in [4.78, 5) is 59.8. The summed E-state index contributed by atoms with van der Waals surface area (Å²) in [5.41, 5.74) is 0.990. The molecule has 4 rings (SSSR count). The fourth-order valence-corrected chi connectivity index (χ4v) is 4.87. The first-order chi connectivity index (χ1) is 17.2. The number of rotatable bonds is 8. The van der Waals surface area contributed by atoms with Gasteiger partial charge in [0.05, 0.1) is 26.1 Å². The number of nitrogens with one attached hydrogen (secondary N) is 1. The van der Waals surface area contributed by atoms with Crippen LogP contribution in [0.2, 0.25) is 0 Å². The number of nitro benzene ring substituents is 2. The van der Waals surface area contributed by atoms with Gasteiger partial charge in [0.25, 0.3) is 17.3 Å². The number of Topliss-reactive ketones (excluding diaryl/α,β-unsaturated/α-hetero) is 2. The number of anilines is 1. The van der Waals surface area contributed by atoms with Crippen molar-refractivity contribution < 1.29 is 24.2 Å². The number of amides is 1. The molecule has 0 aromatic heterocycles. The van der Waals surface area contributed by atoms with Crippen molar-refractivity contribution in [1.82, 2.24) is 0 Å². The Bertz CT molecular complexity index is 1470. The van der Waals surface area contributed by atoms with Crippen LogP contribution in [0.1, 0.15) is 26.3 Å². The highest BCUT2D eigenvalue weighted by Crippen LogP contribution is 2.40. The number of non-ortho nitro benzene ring substituents is 2. The molecule has 1 aliphatic heterocycles. The molecule has 0 aliphatic carbocycles. The van der Waals surface area contributed by atoms with Crippen LogP contribution >= 0.6 is 27.7 Å². The van der Waals surface area contributed by atoms with Crippen molar-refractivity contribution in [2.45, 2.75) is 0 Å². The van der Waals surface area contributed by atoms with Crippen LogP contribution in [0.3, 0.4) is 0 Å². The largest absolute Gasteiger partial charge is 0.321 e. The molecule has 1 N–H and O–H groups in total. The lowest BCUT2D eigenvalue weighted by Crippen LogP contribution is -2.12. The van der Waals surface area contributed by atoms with E-state index in [4.69, 9.17) is 0 Å². The van der Waals surface area contributed by atoms with Crippen LogP contribution in [0.4, 0.5) is 17.1 Å². The molecule has 36 heavy (non-hydrogen) atoms. The second kappa shape index (κ2) is 10.2. The molecular formula is C24H14BrN3O7S. The summed E-state index contributed by atoms with van der Waals surface area (Å²) in [5, 5.41) is 24.5. The lowest BCUT2D eigenvalue weighted by Gasteiger charge is -2.10. The van der Waals surface area contributed by atoms with Crippen molar-refractivity contribution >= 4 is 67.8 Å². The average molecular weight is 568 g/mol. The highest BCUT2D eigenvalue weighted by Gasteiger charge is 2.31. The van der Waals surface area contributed by atoms with E-state index >= 15 is 0 Å². The van der Waals surface area contributed by atoms with E-state index in [-0.39, 0.29) is 38.7 Å². The zero-order valence-corrected chi connectivity index (χ0v) is 20.5. The first-order valence-electron chi connectivity index (χ1n) is 10.2. The average Bonchev–Trinajstić information content (AvgIpc) is 3.18. The normalized spacial score (nSPS) is 13.5. The molecule has 180 valence electrons. The quantitative estimate of drug-likeness (QED) is 0.164. The zero-order chi connectivity index (χ0) is 26.0. The smallest absolute Gasteiger partial charge is 0.269 e.